The first kappa shape index (κ1) is 20.2. The molecule has 7 nitrogen and oxygen atoms in total. The van der Waals surface area contributed by atoms with E-state index in [1.807, 2.05) is 43.6 Å². The molecule has 0 radical (unpaired) electrons. The summed E-state index contributed by atoms with van der Waals surface area (Å²) in [7, 11) is 3.44. The number of methoxy groups -OCH3 is 1. The minimum Gasteiger partial charge on any atom is -0.481 e. The molecular formula is C18H25IN6O. The predicted octanol–water partition coefficient (Wildman–Crippen LogP) is 2.00. The molecule has 1 fully saturated rings. The normalized spacial score (nSPS) is 14.6. The van der Waals surface area contributed by atoms with Gasteiger partial charge in [0.05, 0.1) is 19.3 Å². The summed E-state index contributed by atoms with van der Waals surface area (Å²) in [6, 6.07) is 11.8. The van der Waals surface area contributed by atoms with Gasteiger partial charge in [-0.1, -0.05) is 12.1 Å². The number of aliphatic imine (C=N–C) groups is 1. The molecule has 1 N–H and O–H groups in total. The van der Waals surface area contributed by atoms with Crippen molar-refractivity contribution in [1.29, 1.82) is 0 Å². The predicted molar refractivity (Wildman–Crippen MR) is 114 cm³/mol. The number of pyridine rings is 2. The Morgan fingerprint density at radius 1 is 1.15 bits per heavy atom. The van der Waals surface area contributed by atoms with Crippen molar-refractivity contribution < 1.29 is 4.74 Å². The number of nitrogens with zero attached hydrogens (tertiary/aromatic N) is 5. The van der Waals surface area contributed by atoms with Gasteiger partial charge < -0.3 is 19.9 Å². The van der Waals surface area contributed by atoms with Crippen LogP contribution >= 0.6 is 24.0 Å². The molecule has 140 valence electrons. The highest BCUT2D eigenvalue weighted by atomic mass is 127. The molecule has 3 heterocycles. The Kier molecular flexibility index (Phi) is 7.89. The Hall–Kier alpha value is -2.10. The molecule has 8 heteroatoms. The molecule has 0 aliphatic carbocycles. The highest BCUT2D eigenvalue weighted by Gasteiger charge is 2.20. The summed E-state index contributed by atoms with van der Waals surface area (Å²) < 4.78 is 5.17. The van der Waals surface area contributed by atoms with Crippen molar-refractivity contribution >= 4 is 35.8 Å². The molecule has 0 atom stereocenters. The third-order valence-corrected chi connectivity index (χ3v) is 4.18. The van der Waals surface area contributed by atoms with Gasteiger partial charge in [-0.2, -0.15) is 0 Å². The van der Waals surface area contributed by atoms with E-state index in [9.17, 15) is 0 Å². The lowest BCUT2D eigenvalue weighted by atomic mass is 10.3. The van der Waals surface area contributed by atoms with Crippen molar-refractivity contribution in [2.24, 2.45) is 4.99 Å². The van der Waals surface area contributed by atoms with Crippen LogP contribution in [0.4, 0.5) is 5.82 Å². The van der Waals surface area contributed by atoms with Crippen molar-refractivity contribution in [2.75, 3.05) is 45.2 Å². The minimum atomic E-state index is 0. The van der Waals surface area contributed by atoms with Gasteiger partial charge in [-0.15, -0.1) is 24.0 Å². The first-order valence-electron chi connectivity index (χ1n) is 8.41. The van der Waals surface area contributed by atoms with E-state index in [2.05, 4.69) is 36.1 Å². The summed E-state index contributed by atoms with van der Waals surface area (Å²) >= 11 is 0. The van der Waals surface area contributed by atoms with Crippen molar-refractivity contribution in [3.8, 4) is 5.88 Å². The van der Waals surface area contributed by atoms with Crippen LogP contribution in [0.5, 0.6) is 5.88 Å². The maximum Gasteiger partial charge on any atom is 0.213 e. The van der Waals surface area contributed by atoms with Crippen LogP contribution < -0.4 is 15.0 Å². The largest absolute Gasteiger partial charge is 0.481 e. The molecule has 0 unspecified atom stereocenters. The zero-order valence-electron chi connectivity index (χ0n) is 15.1. The molecule has 2 aromatic heterocycles. The van der Waals surface area contributed by atoms with Gasteiger partial charge in [-0.05, 0) is 18.2 Å². The van der Waals surface area contributed by atoms with Crippen LogP contribution in [0.1, 0.15) is 5.69 Å². The summed E-state index contributed by atoms with van der Waals surface area (Å²) in [6.07, 6.45) is 1.84. The fourth-order valence-electron chi connectivity index (χ4n) is 2.86. The number of ether oxygens (including phenoxy) is 1. The maximum absolute atomic E-state index is 5.17. The molecule has 0 bridgehead atoms. The SMILES string of the molecule is CN=C(NCc1cccc(OC)n1)N1CCN(c2ccccn2)CC1.I. The number of guanidine groups is 1. The summed E-state index contributed by atoms with van der Waals surface area (Å²) in [4.78, 5) is 17.8. The summed E-state index contributed by atoms with van der Waals surface area (Å²) in [5.41, 5.74) is 0.924. The lowest BCUT2D eigenvalue weighted by Gasteiger charge is -2.37. The van der Waals surface area contributed by atoms with Gasteiger partial charge in [0.1, 0.15) is 5.82 Å². The first-order chi connectivity index (χ1) is 12.3. The van der Waals surface area contributed by atoms with Crippen LogP contribution in [0.25, 0.3) is 0 Å². The lowest BCUT2D eigenvalue weighted by molar-refractivity contribution is 0.370. The maximum atomic E-state index is 5.17. The van der Waals surface area contributed by atoms with Gasteiger partial charge in [0, 0.05) is 45.5 Å². The molecule has 1 aliphatic rings. The molecule has 1 aliphatic heterocycles. The average Bonchev–Trinajstić information content (AvgIpc) is 2.70. The number of hydrogen-bond acceptors (Lipinski definition) is 5. The van der Waals surface area contributed by atoms with Gasteiger partial charge in [-0.25, -0.2) is 9.97 Å². The van der Waals surface area contributed by atoms with Gasteiger partial charge in [0.15, 0.2) is 5.96 Å². The molecule has 3 rings (SSSR count). The third-order valence-electron chi connectivity index (χ3n) is 4.18. The van der Waals surface area contributed by atoms with Crippen LogP contribution in [0.15, 0.2) is 47.6 Å². The number of piperazine rings is 1. The number of anilines is 1. The number of aromatic nitrogens is 2. The Balaban J connectivity index is 0.00000243. The zero-order chi connectivity index (χ0) is 17.5. The number of nitrogens with one attached hydrogen (secondary N) is 1. The van der Waals surface area contributed by atoms with Crippen LogP contribution in [0, 0.1) is 0 Å². The Bertz CT molecular complexity index is 704. The van der Waals surface area contributed by atoms with E-state index in [1.165, 1.54) is 0 Å². The first-order valence-corrected chi connectivity index (χ1v) is 8.41. The Morgan fingerprint density at radius 3 is 2.62 bits per heavy atom. The monoisotopic (exact) mass is 468 g/mol. The molecule has 0 saturated carbocycles. The fourth-order valence-corrected chi connectivity index (χ4v) is 2.86. The minimum absolute atomic E-state index is 0. The van der Waals surface area contributed by atoms with Crippen molar-refractivity contribution in [3.05, 3.63) is 48.3 Å². The van der Waals surface area contributed by atoms with Crippen molar-refractivity contribution in [3.63, 3.8) is 0 Å². The summed E-state index contributed by atoms with van der Waals surface area (Å²) in [6.45, 7) is 4.28. The van der Waals surface area contributed by atoms with E-state index in [0.717, 1.165) is 43.7 Å². The van der Waals surface area contributed by atoms with Crippen LogP contribution in [0.3, 0.4) is 0 Å². The average molecular weight is 468 g/mol. The number of rotatable bonds is 4. The van der Waals surface area contributed by atoms with Gasteiger partial charge >= 0.3 is 0 Å². The quantitative estimate of drug-likeness (QED) is 0.421. The van der Waals surface area contributed by atoms with E-state index >= 15 is 0 Å². The standard InChI is InChI=1S/C18H24N6O.HI/c1-19-18(21-14-15-6-5-8-17(22-15)25-2)24-12-10-23(11-13-24)16-7-3-4-9-20-16;/h3-9H,10-14H2,1-2H3,(H,19,21);1H. The Labute approximate surface area is 171 Å². The lowest BCUT2D eigenvalue weighted by Crippen LogP contribution is -2.52. The second-order valence-corrected chi connectivity index (χ2v) is 5.73. The second kappa shape index (κ2) is 10.1. The van der Waals surface area contributed by atoms with Gasteiger partial charge in [0.25, 0.3) is 0 Å². The molecule has 26 heavy (non-hydrogen) atoms. The smallest absolute Gasteiger partial charge is 0.213 e. The molecule has 1 saturated heterocycles. The van der Waals surface area contributed by atoms with Gasteiger partial charge in [-0.3, -0.25) is 4.99 Å². The van der Waals surface area contributed by atoms with Crippen LogP contribution in [0.2, 0.25) is 0 Å². The molecule has 0 aromatic carbocycles. The number of halogens is 1. The zero-order valence-corrected chi connectivity index (χ0v) is 17.5. The molecular weight excluding hydrogens is 443 g/mol. The Morgan fingerprint density at radius 2 is 1.96 bits per heavy atom. The van der Waals surface area contributed by atoms with E-state index in [1.54, 1.807) is 7.11 Å². The van der Waals surface area contributed by atoms with E-state index in [4.69, 9.17) is 4.74 Å². The fraction of sp³-hybridized carbons (Fsp3) is 0.389. The third kappa shape index (κ3) is 5.20. The summed E-state index contributed by atoms with van der Waals surface area (Å²) in [5, 5.41) is 3.39. The highest BCUT2D eigenvalue weighted by molar-refractivity contribution is 14.0. The molecule has 0 spiro atoms. The number of hydrogen-bond donors (Lipinski definition) is 1. The van der Waals surface area contributed by atoms with Crippen molar-refractivity contribution in [1.82, 2.24) is 20.2 Å². The van der Waals surface area contributed by atoms with E-state index in [0.29, 0.717) is 12.4 Å². The van der Waals surface area contributed by atoms with Gasteiger partial charge in [0.2, 0.25) is 5.88 Å². The van der Waals surface area contributed by atoms with E-state index in [-0.39, 0.29) is 24.0 Å². The van der Waals surface area contributed by atoms with Crippen molar-refractivity contribution in [2.45, 2.75) is 6.54 Å². The highest BCUT2D eigenvalue weighted by Crippen LogP contribution is 2.12. The molecule has 2 aromatic rings. The molecule has 0 amide bonds. The van der Waals surface area contributed by atoms with Crippen LogP contribution in [-0.2, 0) is 6.54 Å². The van der Waals surface area contributed by atoms with Crippen LogP contribution in [-0.4, -0.2) is 61.2 Å². The second-order valence-electron chi connectivity index (χ2n) is 5.73. The van der Waals surface area contributed by atoms with E-state index < -0.39 is 0 Å². The topological polar surface area (TPSA) is 65.9 Å². The summed E-state index contributed by atoms with van der Waals surface area (Å²) in [5.74, 6) is 2.55.